The first kappa shape index (κ1) is 21.6. The number of rotatable bonds is 6. The molecule has 1 unspecified atom stereocenters. The first-order chi connectivity index (χ1) is 15.5. The number of ether oxygens (including phenoxy) is 2. The van der Waals surface area contributed by atoms with E-state index in [4.69, 9.17) is 9.47 Å². The third kappa shape index (κ3) is 5.55. The Morgan fingerprint density at radius 1 is 1.09 bits per heavy atom. The molecule has 166 valence electrons. The van der Waals surface area contributed by atoms with Crippen LogP contribution in [0.2, 0.25) is 0 Å². The fourth-order valence-corrected chi connectivity index (χ4v) is 3.62. The van der Waals surface area contributed by atoms with Crippen molar-refractivity contribution in [2.45, 2.75) is 32.5 Å². The van der Waals surface area contributed by atoms with Gasteiger partial charge in [0.05, 0.1) is 6.04 Å². The number of hydrogen-bond acceptors (Lipinski definition) is 3. The quantitative estimate of drug-likeness (QED) is 0.589. The molecule has 32 heavy (non-hydrogen) atoms. The van der Waals surface area contributed by atoms with Crippen LogP contribution < -0.4 is 20.1 Å². The van der Waals surface area contributed by atoms with Crippen molar-refractivity contribution in [3.05, 3.63) is 94.6 Å². The highest BCUT2D eigenvalue weighted by molar-refractivity contribution is 5.74. The van der Waals surface area contributed by atoms with E-state index in [1.54, 1.807) is 0 Å². The molecule has 0 spiro atoms. The molecule has 0 radical (unpaired) electrons. The van der Waals surface area contributed by atoms with E-state index in [1.165, 1.54) is 11.6 Å². The maximum atomic E-state index is 13.7. The third-order valence-electron chi connectivity index (χ3n) is 5.18. The van der Waals surface area contributed by atoms with Crippen LogP contribution in [0.4, 0.5) is 13.6 Å². The van der Waals surface area contributed by atoms with Crippen LogP contribution in [0.25, 0.3) is 0 Å². The number of carbonyl (C=O) groups is 1. The normalized spacial score (nSPS) is 14.8. The molecule has 3 aromatic carbocycles. The molecule has 1 heterocycles. The summed E-state index contributed by atoms with van der Waals surface area (Å²) in [5, 5.41) is 5.56. The Bertz CT molecular complexity index is 1100. The smallest absolute Gasteiger partial charge is 0.315 e. The minimum Gasteiger partial charge on any atom is -0.489 e. The molecule has 4 rings (SSSR count). The average Bonchev–Trinajstić information content (AvgIpc) is 2.77. The molecular weight excluding hydrogens is 414 g/mol. The monoisotopic (exact) mass is 438 g/mol. The van der Waals surface area contributed by atoms with Gasteiger partial charge in [-0.1, -0.05) is 42.0 Å². The van der Waals surface area contributed by atoms with E-state index in [0.29, 0.717) is 25.1 Å². The molecule has 2 N–H and O–H groups in total. The molecule has 3 aromatic rings. The highest BCUT2D eigenvalue weighted by Crippen LogP contribution is 2.29. The van der Waals surface area contributed by atoms with Crippen LogP contribution in [0.5, 0.6) is 11.5 Å². The minimum absolute atomic E-state index is 0.0505. The van der Waals surface area contributed by atoms with Gasteiger partial charge in [-0.15, -0.1) is 0 Å². The predicted octanol–water partition coefficient (Wildman–Crippen LogP) is 4.66. The number of carbonyl (C=O) groups excluding carboxylic acids is 1. The molecule has 0 saturated heterocycles. The molecule has 1 aliphatic rings. The second kappa shape index (κ2) is 9.68. The summed E-state index contributed by atoms with van der Waals surface area (Å²) in [6.45, 7) is 2.98. The summed E-state index contributed by atoms with van der Waals surface area (Å²) in [6, 6.07) is 16.9. The molecule has 0 aromatic heterocycles. The zero-order valence-electron chi connectivity index (χ0n) is 17.7. The van der Waals surface area contributed by atoms with Gasteiger partial charge >= 0.3 is 6.03 Å². The summed E-state index contributed by atoms with van der Waals surface area (Å²) in [4.78, 5) is 12.2. The first-order valence-electron chi connectivity index (χ1n) is 10.4. The van der Waals surface area contributed by atoms with Gasteiger partial charge < -0.3 is 20.1 Å². The van der Waals surface area contributed by atoms with E-state index < -0.39 is 11.6 Å². The van der Waals surface area contributed by atoms with Gasteiger partial charge in [0.25, 0.3) is 0 Å². The fourth-order valence-electron chi connectivity index (χ4n) is 3.62. The number of hydrogen-bond donors (Lipinski definition) is 2. The van der Waals surface area contributed by atoms with Gasteiger partial charge in [0, 0.05) is 18.2 Å². The third-order valence-corrected chi connectivity index (χ3v) is 5.18. The van der Waals surface area contributed by atoms with Crippen molar-refractivity contribution in [2.24, 2.45) is 0 Å². The standard InChI is InChI=1S/C25H24F2N2O3/c1-16-3-2-4-18(9-16)14-31-22-7-5-17(6-8-22)13-28-25(30)29-21-11-19-10-20(26)12-23(27)24(19)32-15-21/h2-10,12,21H,11,13-15H2,1H3,(H2,28,29,30). The van der Waals surface area contributed by atoms with Crippen molar-refractivity contribution >= 4 is 6.03 Å². The zero-order chi connectivity index (χ0) is 22.5. The number of benzene rings is 3. The predicted molar refractivity (Wildman–Crippen MR) is 117 cm³/mol. The van der Waals surface area contributed by atoms with Crippen LogP contribution in [0.3, 0.4) is 0 Å². The van der Waals surface area contributed by atoms with Crippen molar-refractivity contribution in [2.75, 3.05) is 6.61 Å². The molecule has 0 fully saturated rings. The second-order valence-corrected chi connectivity index (χ2v) is 7.84. The molecular formula is C25H24F2N2O3. The largest absolute Gasteiger partial charge is 0.489 e. The Balaban J connectivity index is 1.23. The van der Waals surface area contributed by atoms with Gasteiger partial charge in [-0.05, 0) is 42.7 Å². The van der Waals surface area contributed by atoms with Gasteiger partial charge in [0.1, 0.15) is 24.8 Å². The Labute approximate surface area is 185 Å². The Morgan fingerprint density at radius 2 is 1.91 bits per heavy atom. The summed E-state index contributed by atoms with van der Waals surface area (Å²) in [5.41, 5.74) is 3.61. The van der Waals surface area contributed by atoms with Gasteiger partial charge in [-0.25, -0.2) is 13.6 Å². The lowest BCUT2D eigenvalue weighted by atomic mass is 10.0. The van der Waals surface area contributed by atoms with Crippen LogP contribution in [0, 0.1) is 18.6 Å². The van der Waals surface area contributed by atoms with Crippen LogP contribution in [-0.4, -0.2) is 18.7 Å². The molecule has 0 aliphatic carbocycles. The number of nitrogens with one attached hydrogen (secondary N) is 2. The molecule has 1 atom stereocenters. The zero-order valence-corrected chi connectivity index (χ0v) is 17.7. The van der Waals surface area contributed by atoms with E-state index in [-0.39, 0.29) is 24.4 Å². The maximum Gasteiger partial charge on any atom is 0.315 e. The topological polar surface area (TPSA) is 59.6 Å². The van der Waals surface area contributed by atoms with E-state index >= 15 is 0 Å². The van der Waals surface area contributed by atoms with Crippen LogP contribution in [0.1, 0.15) is 22.3 Å². The lowest BCUT2D eigenvalue weighted by molar-refractivity contribution is 0.209. The van der Waals surface area contributed by atoms with E-state index in [2.05, 4.69) is 16.7 Å². The van der Waals surface area contributed by atoms with Crippen molar-refractivity contribution in [1.82, 2.24) is 10.6 Å². The molecule has 0 bridgehead atoms. The Morgan fingerprint density at radius 3 is 2.69 bits per heavy atom. The molecule has 5 nitrogen and oxygen atoms in total. The number of halogens is 2. The van der Waals surface area contributed by atoms with Gasteiger partial charge in [-0.3, -0.25) is 0 Å². The molecule has 1 aliphatic heterocycles. The van der Waals surface area contributed by atoms with Gasteiger partial charge in [0.15, 0.2) is 11.6 Å². The van der Waals surface area contributed by atoms with Crippen LogP contribution >= 0.6 is 0 Å². The SMILES string of the molecule is Cc1cccc(COc2ccc(CNC(=O)NC3COc4c(F)cc(F)cc4C3)cc2)c1. The van der Waals surface area contributed by atoms with E-state index in [9.17, 15) is 13.6 Å². The fraction of sp³-hybridized carbons (Fsp3) is 0.240. The highest BCUT2D eigenvalue weighted by Gasteiger charge is 2.24. The maximum absolute atomic E-state index is 13.7. The first-order valence-corrected chi connectivity index (χ1v) is 10.4. The Hall–Kier alpha value is -3.61. The van der Waals surface area contributed by atoms with Crippen LogP contribution in [0.15, 0.2) is 60.7 Å². The summed E-state index contributed by atoms with van der Waals surface area (Å²) >= 11 is 0. The minimum atomic E-state index is -0.728. The number of fused-ring (bicyclic) bond motifs is 1. The Kier molecular flexibility index (Phi) is 6.54. The van der Waals surface area contributed by atoms with E-state index in [0.717, 1.165) is 22.9 Å². The summed E-state index contributed by atoms with van der Waals surface area (Å²) in [6.07, 6.45) is 0.296. The number of aryl methyl sites for hydroxylation is 1. The van der Waals surface area contributed by atoms with Crippen LogP contribution in [-0.2, 0) is 19.6 Å². The second-order valence-electron chi connectivity index (χ2n) is 7.84. The molecule has 0 saturated carbocycles. The summed E-state index contributed by atoms with van der Waals surface area (Å²) in [5.74, 6) is -0.595. The number of urea groups is 1. The molecule has 2 amide bonds. The van der Waals surface area contributed by atoms with Crippen molar-refractivity contribution < 1.29 is 23.0 Å². The average molecular weight is 438 g/mol. The highest BCUT2D eigenvalue weighted by atomic mass is 19.1. The molecule has 7 heteroatoms. The van der Waals surface area contributed by atoms with Gasteiger partial charge in [0.2, 0.25) is 0 Å². The summed E-state index contributed by atoms with van der Waals surface area (Å²) in [7, 11) is 0. The van der Waals surface area contributed by atoms with Gasteiger partial charge in [-0.2, -0.15) is 0 Å². The van der Waals surface area contributed by atoms with E-state index in [1.807, 2.05) is 49.4 Å². The van der Waals surface area contributed by atoms with Crippen molar-refractivity contribution in [3.63, 3.8) is 0 Å². The summed E-state index contributed by atoms with van der Waals surface area (Å²) < 4.78 is 38.3. The van der Waals surface area contributed by atoms with Crippen molar-refractivity contribution in [3.8, 4) is 11.5 Å². The lowest BCUT2D eigenvalue weighted by Gasteiger charge is -2.26. The number of amides is 2. The lowest BCUT2D eigenvalue weighted by Crippen LogP contribution is -2.47. The van der Waals surface area contributed by atoms with Crippen molar-refractivity contribution in [1.29, 1.82) is 0 Å².